The summed E-state index contributed by atoms with van der Waals surface area (Å²) >= 11 is 1.45. The fourth-order valence-corrected chi connectivity index (χ4v) is 3.83. The third kappa shape index (κ3) is 3.24. The highest BCUT2D eigenvalue weighted by molar-refractivity contribution is 7.13. The van der Waals surface area contributed by atoms with E-state index in [-0.39, 0.29) is 5.91 Å². The van der Waals surface area contributed by atoms with Gasteiger partial charge in [0, 0.05) is 32.4 Å². The summed E-state index contributed by atoms with van der Waals surface area (Å²) < 4.78 is 0. The van der Waals surface area contributed by atoms with Crippen LogP contribution in [-0.4, -0.2) is 47.0 Å². The second kappa shape index (κ2) is 6.97. The van der Waals surface area contributed by atoms with E-state index in [4.69, 9.17) is 0 Å². The van der Waals surface area contributed by atoms with Crippen LogP contribution in [0.5, 0.6) is 0 Å². The summed E-state index contributed by atoms with van der Waals surface area (Å²) in [5, 5.41) is 10.2. The zero-order valence-electron chi connectivity index (χ0n) is 13.8. The smallest absolute Gasteiger partial charge is 0.265 e. The predicted molar refractivity (Wildman–Crippen MR) is 93.3 cm³/mol. The number of anilines is 1. The number of hydrogen-bond acceptors (Lipinski definition) is 6. The van der Waals surface area contributed by atoms with Gasteiger partial charge in [0.25, 0.3) is 5.91 Å². The molecule has 0 spiro atoms. The minimum atomic E-state index is 0.0569. The first-order valence-corrected chi connectivity index (χ1v) is 8.75. The van der Waals surface area contributed by atoms with Gasteiger partial charge in [0.15, 0.2) is 0 Å². The molecule has 0 aliphatic carbocycles. The molecule has 0 saturated carbocycles. The molecule has 1 aliphatic rings. The van der Waals surface area contributed by atoms with E-state index in [2.05, 4.69) is 20.9 Å². The van der Waals surface area contributed by atoms with Crippen LogP contribution in [0.1, 0.15) is 32.4 Å². The number of nitrogens with zero attached hydrogens (tertiary/aromatic N) is 5. The Labute approximate surface area is 145 Å². The summed E-state index contributed by atoms with van der Waals surface area (Å²) in [7, 11) is 0. The maximum Gasteiger partial charge on any atom is 0.265 e. The van der Waals surface area contributed by atoms with E-state index in [1.807, 2.05) is 18.7 Å². The highest BCUT2D eigenvalue weighted by atomic mass is 32.1. The molecule has 0 atom stereocenters. The number of amides is 1. The van der Waals surface area contributed by atoms with E-state index in [0.29, 0.717) is 31.0 Å². The van der Waals surface area contributed by atoms with Crippen LogP contribution < -0.4 is 4.90 Å². The largest absolute Gasteiger partial charge is 0.354 e. The number of carbonyl (C=O) groups is 1. The molecular weight excluding hydrogens is 322 g/mol. The zero-order chi connectivity index (χ0) is 17.1. The van der Waals surface area contributed by atoms with Crippen molar-refractivity contribution in [2.75, 3.05) is 31.1 Å². The first-order chi connectivity index (χ1) is 11.6. The summed E-state index contributed by atoms with van der Waals surface area (Å²) in [6, 6.07) is 5.74. The summed E-state index contributed by atoms with van der Waals surface area (Å²) in [5.74, 6) is 0.764. The van der Waals surface area contributed by atoms with E-state index >= 15 is 0 Å². The Balaban J connectivity index is 1.75. The molecule has 1 aliphatic heterocycles. The minimum absolute atomic E-state index is 0.0569. The van der Waals surface area contributed by atoms with Crippen LogP contribution in [0.4, 0.5) is 5.82 Å². The molecule has 0 aromatic carbocycles. The molecule has 2 aromatic rings. The van der Waals surface area contributed by atoms with Gasteiger partial charge in [0.1, 0.15) is 16.8 Å². The molecule has 7 heteroatoms. The van der Waals surface area contributed by atoms with Gasteiger partial charge in [-0.05, 0) is 32.4 Å². The Kier molecular flexibility index (Phi) is 4.76. The van der Waals surface area contributed by atoms with Gasteiger partial charge in [0.05, 0.1) is 16.3 Å². The Hall–Kier alpha value is -2.46. The predicted octanol–water partition coefficient (Wildman–Crippen LogP) is 2.38. The second-order valence-corrected chi connectivity index (χ2v) is 6.97. The van der Waals surface area contributed by atoms with Gasteiger partial charge < -0.3 is 9.80 Å². The van der Waals surface area contributed by atoms with Gasteiger partial charge >= 0.3 is 0 Å². The lowest BCUT2D eigenvalue weighted by atomic mass is 10.2. The van der Waals surface area contributed by atoms with Crippen molar-refractivity contribution >= 4 is 23.1 Å². The van der Waals surface area contributed by atoms with E-state index in [1.165, 1.54) is 11.3 Å². The van der Waals surface area contributed by atoms with E-state index in [0.717, 1.165) is 28.5 Å². The van der Waals surface area contributed by atoms with Gasteiger partial charge in [0.2, 0.25) is 0 Å². The molecule has 3 heterocycles. The lowest BCUT2D eigenvalue weighted by Crippen LogP contribution is -2.35. The van der Waals surface area contributed by atoms with Crippen molar-refractivity contribution in [2.45, 2.75) is 20.3 Å². The zero-order valence-corrected chi connectivity index (χ0v) is 14.6. The van der Waals surface area contributed by atoms with Crippen LogP contribution in [0.2, 0.25) is 0 Å². The monoisotopic (exact) mass is 341 g/mol. The van der Waals surface area contributed by atoms with Crippen LogP contribution in [0.15, 0.2) is 18.3 Å². The number of thiazole rings is 1. The molecule has 3 rings (SSSR count). The van der Waals surface area contributed by atoms with Gasteiger partial charge in [-0.3, -0.25) is 4.79 Å². The van der Waals surface area contributed by atoms with E-state index in [1.54, 1.807) is 18.3 Å². The van der Waals surface area contributed by atoms with Crippen LogP contribution in [0.25, 0.3) is 0 Å². The van der Waals surface area contributed by atoms with E-state index < -0.39 is 0 Å². The molecule has 0 bridgehead atoms. The molecule has 6 nitrogen and oxygen atoms in total. The number of rotatable bonds is 2. The molecule has 1 saturated heterocycles. The molecule has 124 valence electrons. The quantitative estimate of drug-likeness (QED) is 0.838. The Bertz CT molecular complexity index is 795. The van der Waals surface area contributed by atoms with Crippen LogP contribution >= 0.6 is 11.3 Å². The molecule has 0 unspecified atom stereocenters. The number of nitriles is 1. The van der Waals surface area contributed by atoms with Gasteiger partial charge in [-0.1, -0.05) is 0 Å². The fourth-order valence-electron chi connectivity index (χ4n) is 2.94. The maximum atomic E-state index is 12.8. The van der Waals surface area contributed by atoms with Crippen molar-refractivity contribution in [3.05, 3.63) is 39.5 Å². The molecule has 1 amide bonds. The second-order valence-electron chi connectivity index (χ2n) is 5.77. The maximum absolute atomic E-state index is 12.8. The number of aryl methyl sites for hydroxylation is 2. The Morgan fingerprint density at radius 1 is 1.29 bits per heavy atom. The number of aromatic nitrogens is 2. The SMILES string of the molecule is Cc1nc(C)c(C(=O)N2CCCN(c3ncccc3C#N)CC2)s1. The molecule has 0 N–H and O–H groups in total. The van der Waals surface area contributed by atoms with Gasteiger partial charge in [-0.15, -0.1) is 11.3 Å². The van der Waals surface area contributed by atoms with Crippen LogP contribution in [-0.2, 0) is 0 Å². The third-order valence-corrected chi connectivity index (χ3v) is 5.15. The molecule has 2 aromatic heterocycles. The van der Waals surface area contributed by atoms with Crippen LogP contribution in [0.3, 0.4) is 0 Å². The summed E-state index contributed by atoms with van der Waals surface area (Å²) in [5.41, 5.74) is 1.38. The highest BCUT2D eigenvalue weighted by Crippen LogP contribution is 2.22. The summed E-state index contributed by atoms with van der Waals surface area (Å²) in [6.45, 7) is 6.60. The normalized spacial score (nSPS) is 15.0. The van der Waals surface area contributed by atoms with Gasteiger partial charge in [-0.25, -0.2) is 9.97 Å². The number of pyridine rings is 1. The fraction of sp³-hybridized carbons (Fsp3) is 0.412. The van der Waals surface area contributed by atoms with Crippen molar-refractivity contribution in [3.8, 4) is 6.07 Å². The molecule has 1 fully saturated rings. The first kappa shape index (κ1) is 16.4. The van der Waals surface area contributed by atoms with Crippen molar-refractivity contribution in [1.29, 1.82) is 5.26 Å². The summed E-state index contributed by atoms with van der Waals surface area (Å²) in [6.07, 6.45) is 2.55. The van der Waals surface area contributed by atoms with Crippen LogP contribution in [0, 0.1) is 25.2 Å². The Morgan fingerprint density at radius 2 is 2.12 bits per heavy atom. The average Bonchev–Trinajstić information content (AvgIpc) is 2.79. The minimum Gasteiger partial charge on any atom is -0.354 e. The number of hydrogen-bond donors (Lipinski definition) is 0. The lowest BCUT2D eigenvalue weighted by Gasteiger charge is -2.23. The molecule has 24 heavy (non-hydrogen) atoms. The van der Waals surface area contributed by atoms with Crippen molar-refractivity contribution in [1.82, 2.24) is 14.9 Å². The third-order valence-electron chi connectivity index (χ3n) is 4.09. The molecular formula is C17H19N5OS. The standard InChI is InChI=1S/C17H19N5OS/c1-12-15(24-13(2)20-12)17(23)22-8-4-7-21(9-10-22)16-14(11-18)5-3-6-19-16/h3,5-6H,4,7-10H2,1-2H3. The van der Waals surface area contributed by atoms with Crippen molar-refractivity contribution in [3.63, 3.8) is 0 Å². The highest BCUT2D eigenvalue weighted by Gasteiger charge is 2.24. The topological polar surface area (TPSA) is 73.1 Å². The van der Waals surface area contributed by atoms with E-state index in [9.17, 15) is 10.1 Å². The molecule has 0 radical (unpaired) electrons. The first-order valence-electron chi connectivity index (χ1n) is 7.93. The van der Waals surface area contributed by atoms with Crippen molar-refractivity contribution in [2.24, 2.45) is 0 Å². The lowest BCUT2D eigenvalue weighted by molar-refractivity contribution is 0.0771. The van der Waals surface area contributed by atoms with Gasteiger partial charge in [-0.2, -0.15) is 5.26 Å². The number of carbonyl (C=O) groups excluding carboxylic acids is 1. The van der Waals surface area contributed by atoms with Crippen molar-refractivity contribution < 1.29 is 4.79 Å². The average molecular weight is 341 g/mol. The summed E-state index contributed by atoms with van der Waals surface area (Å²) in [4.78, 5) is 26.2. The Morgan fingerprint density at radius 3 is 2.83 bits per heavy atom.